The van der Waals surface area contributed by atoms with Crippen molar-refractivity contribution < 1.29 is 33.7 Å². The Morgan fingerprint density at radius 3 is 2.33 bits per heavy atom. The molecule has 3 atom stereocenters. The average molecular weight is 282 g/mol. The highest BCUT2D eigenvalue weighted by molar-refractivity contribution is 7.58. The lowest BCUT2D eigenvalue weighted by molar-refractivity contribution is -0.0843. The Morgan fingerprint density at radius 1 is 1.33 bits per heavy atom. The molecule has 8 heteroatoms. The molecule has 1 aliphatic rings. The summed E-state index contributed by atoms with van der Waals surface area (Å²) < 4.78 is 27.5. The van der Waals surface area contributed by atoms with Gasteiger partial charge < -0.3 is 29.1 Å². The van der Waals surface area contributed by atoms with Crippen LogP contribution in [0.4, 0.5) is 0 Å². The Bertz CT molecular complexity index is 333. The van der Waals surface area contributed by atoms with Crippen molar-refractivity contribution in [3.05, 3.63) is 11.6 Å². The molecular formula is C10H19O7P. The highest BCUT2D eigenvalue weighted by Gasteiger charge is 2.43. The van der Waals surface area contributed by atoms with E-state index in [1.807, 2.05) is 0 Å². The maximum Gasteiger partial charge on any atom is 0.363 e. The highest BCUT2D eigenvalue weighted by atomic mass is 31.2. The third-order valence-electron chi connectivity index (χ3n) is 2.47. The fraction of sp³-hybridized carbons (Fsp3) is 0.800. The van der Waals surface area contributed by atoms with Crippen molar-refractivity contribution in [2.45, 2.75) is 32.2 Å². The summed E-state index contributed by atoms with van der Waals surface area (Å²) in [4.78, 5) is 0. The summed E-state index contributed by atoms with van der Waals surface area (Å²) in [6.07, 6.45) is -2.77. The van der Waals surface area contributed by atoms with Gasteiger partial charge in [0.15, 0.2) is 0 Å². The van der Waals surface area contributed by atoms with Crippen molar-refractivity contribution in [2.24, 2.45) is 0 Å². The maximum atomic E-state index is 12.4. The summed E-state index contributed by atoms with van der Waals surface area (Å²) in [5.41, 5.74) is 0. The van der Waals surface area contributed by atoms with Gasteiger partial charge in [0, 0.05) is 0 Å². The van der Waals surface area contributed by atoms with Crippen molar-refractivity contribution in [3.63, 3.8) is 0 Å². The largest absolute Gasteiger partial charge is 0.492 e. The second-order valence-corrected chi connectivity index (χ2v) is 5.70. The summed E-state index contributed by atoms with van der Waals surface area (Å²) in [6.45, 7) is 3.06. The van der Waals surface area contributed by atoms with Crippen LogP contribution >= 0.6 is 7.60 Å². The standard InChI is InChI=1S/C10H19O7P/c1-3-16-18(14,17-4-2)8-6-15-7(5-11)9(12)10(8)13/h6-7,9-13H,3-5H2,1-2H3/t7?,9-,10+/m0/s1. The molecule has 1 unspecified atom stereocenters. The minimum atomic E-state index is -3.68. The normalized spacial score (nSPS) is 28.7. The first-order valence-corrected chi connectivity index (χ1v) is 7.26. The van der Waals surface area contributed by atoms with Gasteiger partial charge in [0.25, 0.3) is 0 Å². The van der Waals surface area contributed by atoms with Gasteiger partial charge in [-0.1, -0.05) is 0 Å². The Balaban J connectivity index is 2.99. The number of aliphatic hydroxyl groups is 3. The SMILES string of the molecule is CCOP(=O)(OCC)C1=COC(CO)[C@H](O)[C@@H]1O. The summed E-state index contributed by atoms with van der Waals surface area (Å²) in [7, 11) is -3.68. The summed E-state index contributed by atoms with van der Waals surface area (Å²) in [6, 6.07) is 0. The zero-order valence-corrected chi connectivity index (χ0v) is 11.2. The molecule has 18 heavy (non-hydrogen) atoms. The van der Waals surface area contributed by atoms with Gasteiger partial charge in [0.05, 0.1) is 26.1 Å². The second kappa shape index (κ2) is 6.65. The fourth-order valence-electron chi connectivity index (χ4n) is 1.59. The second-order valence-electron chi connectivity index (χ2n) is 3.67. The number of ether oxygens (including phenoxy) is 1. The van der Waals surface area contributed by atoms with Gasteiger partial charge in [-0.3, -0.25) is 4.57 Å². The van der Waals surface area contributed by atoms with E-state index < -0.39 is 32.5 Å². The van der Waals surface area contributed by atoms with Crippen molar-refractivity contribution in [2.75, 3.05) is 19.8 Å². The Labute approximate surface area is 106 Å². The quantitative estimate of drug-likeness (QED) is 0.598. The predicted molar refractivity (Wildman–Crippen MR) is 62.9 cm³/mol. The summed E-state index contributed by atoms with van der Waals surface area (Å²) >= 11 is 0. The molecule has 0 saturated heterocycles. The molecule has 0 aliphatic carbocycles. The van der Waals surface area contributed by atoms with Crippen molar-refractivity contribution in [1.29, 1.82) is 0 Å². The van der Waals surface area contributed by atoms with Gasteiger partial charge in [-0.05, 0) is 13.8 Å². The van der Waals surface area contributed by atoms with E-state index in [0.717, 1.165) is 6.26 Å². The van der Waals surface area contributed by atoms with Crippen LogP contribution in [0, 0.1) is 0 Å². The zero-order chi connectivity index (χ0) is 13.8. The van der Waals surface area contributed by atoms with Crippen molar-refractivity contribution in [1.82, 2.24) is 0 Å². The molecule has 0 aromatic carbocycles. The zero-order valence-electron chi connectivity index (χ0n) is 10.4. The number of hydrogen-bond donors (Lipinski definition) is 3. The number of hydrogen-bond acceptors (Lipinski definition) is 7. The Kier molecular flexibility index (Phi) is 5.78. The first-order valence-electron chi connectivity index (χ1n) is 5.72. The van der Waals surface area contributed by atoms with E-state index in [0.29, 0.717) is 0 Å². The van der Waals surface area contributed by atoms with Crippen LogP contribution in [-0.4, -0.2) is 53.5 Å². The lowest BCUT2D eigenvalue weighted by Crippen LogP contribution is -2.44. The third kappa shape index (κ3) is 3.12. The van der Waals surface area contributed by atoms with Crippen LogP contribution < -0.4 is 0 Å². The van der Waals surface area contributed by atoms with E-state index >= 15 is 0 Å². The van der Waals surface area contributed by atoms with E-state index in [1.54, 1.807) is 13.8 Å². The van der Waals surface area contributed by atoms with E-state index in [4.69, 9.17) is 18.9 Å². The smallest absolute Gasteiger partial charge is 0.363 e. The van der Waals surface area contributed by atoms with Crippen LogP contribution in [0.1, 0.15) is 13.8 Å². The number of aliphatic hydroxyl groups excluding tert-OH is 3. The lowest BCUT2D eigenvalue weighted by atomic mass is 10.1. The molecule has 106 valence electrons. The molecule has 1 aliphatic heterocycles. The van der Waals surface area contributed by atoms with Crippen LogP contribution in [-0.2, 0) is 18.3 Å². The van der Waals surface area contributed by atoms with Crippen LogP contribution in [0.5, 0.6) is 0 Å². The van der Waals surface area contributed by atoms with Gasteiger partial charge in [0.2, 0.25) is 0 Å². The molecule has 0 aromatic heterocycles. The monoisotopic (exact) mass is 282 g/mol. The number of rotatable bonds is 6. The van der Waals surface area contributed by atoms with Gasteiger partial charge in [-0.2, -0.15) is 0 Å². The Morgan fingerprint density at radius 2 is 1.89 bits per heavy atom. The first kappa shape index (κ1) is 15.6. The van der Waals surface area contributed by atoms with Crippen LogP contribution in [0.3, 0.4) is 0 Å². The minimum Gasteiger partial charge on any atom is -0.492 e. The van der Waals surface area contributed by atoms with E-state index in [-0.39, 0.29) is 18.5 Å². The molecule has 0 aromatic rings. The van der Waals surface area contributed by atoms with Gasteiger partial charge in [-0.15, -0.1) is 0 Å². The van der Waals surface area contributed by atoms with Gasteiger partial charge in [-0.25, -0.2) is 0 Å². The molecule has 0 bridgehead atoms. The fourth-order valence-corrected chi connectivity index (χ4v) is 3.31. The van der Waals surface area contributed by atoms with Crippen LogP contribution in [0.25, 0.3) is 0 Å². The molecule has 3 N–H and O–H groups in total. The van der Waals surface area contributed by atoms with Crippen LogP contribution in [0.2, 0.25) is 0 Å². The molecule has 0 radical (unpaired) electrons. The highest BCUT2D eigenvalue weighted by Crippen LogP contribution is 2.58. The summed E-state index contributed by atoms with van der Waals surface area (Å²) in [5.74, 6) is 0. The van der Waals surface area contributed by atoms with Gasteiger partial charge in [0.1, 0.15) is 23.6 Å². The molecule has 0 saturated carbocycles. The third-order valence-corrected chi connectivity index (χ3v) is 4.66. The molecule has 0 amide bonds. The summed E-state index contributed by atoms with van der Waals surface area (Å²) in [5, 5.41) is 28.4. The van der Waals surface area contributed by atoms with E-state index in [9.17, 15) is 14.8 Å². The van der Waals surface area contributed by atoms with Crippen LogP contribution in [0.15, 0.2) is 11.6 Å². The molecule has 1 heterocycles. The molecular weight excluding hydrogens is 263 g/mol. The average Bonchev–Trinajstić information content (AvgIpc) is 2.33. The van der Waals surface area contributed by atoms with Gasteiger partial charge >= 0.3 is 7.60 Å². The molecule has 1 rings (SSSR count). The van der Waals surface area contributed by atoms with Crippen molar-refractivity contribution in [3.8, 4) is 0 Å². The molecule has 0 fully saturated rings. The maximum absolute atomic E-state index is 12.4. The molecule has 7 nitrogen and oxygen atoms in total. The van der Waals surface area contributed by atoms with Crippen molar-refractivity contribution >= 4 is 7.60 Å². The Hall–Kier alpha value is -0.430. The first-order chi connectivity index (χ1) is 8.50. The lowest BCUT2D eigenvalue weighted by Gasteiger charge is -2.33. The topological polar surface area (TPSA) is 105 Å². The van der Waals surface area contributed by atoms with E-state index in [1.165, 1.54) is 0 Å². The minimum absolute atomic E-state index is 0.126. The predicted octanol–water partition coefficient (Wildman–Crippen LogP) is 0.207. The van der Waals surface area contributed by atoms with E-state index in [2.05, 4.69) is 0 Å². The molecule has 0 spiro atoms.